The largest absolute Gasteiger partial charge is 0.494 e. The molecule has 0 saturated carbocycles. The van der Waals surface area contributed by atoms with Gasteiger partial charge in [-0.1, -0.05) is 67.3 Å². The number of nitrogens with one attached hydrogen (secondary N) is 2. The molecule has 0 spiro atoms. The van der Waals surface area contributed by atoms with Crippen LogP contribution in [0.2, 0.25) is 5.02 Å². The number of aryl methyl sites for hydroxylation is 1. The summed E-state index contributed by atoms with van der Waals surface area (Å²) in [7, 11) is 3.96. The van der Waals surface area contributed by atoms with Gasteiger partial charge in [-0.05, 0) is 119 Å². The quantitative estimate of drug-likeness (QED) is 0.0173. The first-order chi connectivity index (χ1) is 32.5. The van der Waals surface area contributed by atoms with Gasteiger partial charge in [-0.2, -0.15) is 5.10 Å². The second kappa shape index (κ2) is 33.0. The molecule has 0 aliphatic heterocycles. The number of likely N-dealkylation sites (N-methyl/N-ethyl adjacent to an activating group) is 1. The number of rotatable bonds is 35. The van der Waals surface area contributed by atoms with E-state index in [-0.39, 0.29) is 30.3 Å². The number of benzene rings is 3. The smallest absolute Gasteiger partial charge is 0.247 e. The molecule has 67 heavy (non-hydrogen) atoms. The maximum Gasteiger partial charge on any atom is 0.247 e. The number of anilines is 1. The zero-order chi connectivity index (χ0) is 48.7. The zero-order valence-corrected chi connectivity index (χ0v) is 41.1. The summed E-state index contributed by atoms with van der Waals surface area (Å²) in [6.07, 6.45) is 10.0. The monoisotopic (exact) mass is 944 g/mol. The van der Waals surface area contributed by atoms with Gasteiger partial charge in [0.15, 0.2) is 0 Å². The predicted octanol–water partition coefficient (Wildman–Crippen LogP) is 8.09. The standard InChI is InChI=1S/C52H74ClN7O7/c1-8-12-43(9-2)41(5)57-52(62)51(44-16-18-45(53)19-17-44)60(40(3)4)50(61)26-15-42-13-22-48(23-14-42)66-31-11-10-29-59(7)30-34-65-36-35-63-32-27-47(58-54)39-56-28-33-64-37-38-67-49-24-20-46(55-6)21-25-49/h8-9,12-14,16-25,39-41,51,55H,1-2,10-11,15,26-38,54H2,3-7H3,(H,57,62)/b43-12+,56-39?,58-47-. The Hall–Kier alpha value is -5.51. The van der Waals surface area contributed by atoms with Crippen LogP contribution in [0, 0.1) is 0 Å². The van der Waals surface area contributed by atoms with Crippen molar-refractivity contribution in [2.24, 2.45) is 15.9 Å². The Balaban J connectivity index is 1.25. The van der Waals surface area contributed by atoms with E-state index in [1.807, 2.05) is 76.3 Å². The molecule has 0 aliphatic carbocycles. The number of unbranched alkanes of at least 4 members (excludes halogenated alkanes) is 1. The van der Waals surface area contributed by atoms with Gasteiger partial charge in [0.05, 0.1) is 64.5 Å². The number of nitrogens with zero attached hydrogens (tertiary/aromatic N) is 4. The molecule has 0 bridgehead atoms. The number of hydrogen-bond acceptors (Lipinski definition) is 12. The van der Waals surface area contributed by atoms with Crippen molar-refractivity contribution in [3.8, 4) is 11.5 Å². The summed E-state index contributed by atoms with van der Waals surface area (Å²) >= 11 is 6.20. The number of aliphatic imine (C=N–C) groups is 1. The van der Waals surface area contributed by atoms with Crippen molar-refractivity contribution in [2.45, 2.75) is 71.0 Å². The summed E-state index contributed by atoms with van der Waals surface area (Å²) in [5.41, 5.74) is 4.19. The number of amides is 2. The molecule has 3 rings (SSSR count). The maximum absolute atomic E-state index is 13.9. The zero-order valence-electron chi connectivity index (χ0n) is 40.3. The summed E-state index contributed by atoms with van der Waals surface area (Å²) in [6, 6.07) is 21.2. The molecule has 366 valence electrons. The number of hydrogen-bond donors (Lipinski definition) is 3. The molecule has 0 aliphatic rings. The lowest BCUT2D eigenvalue weighted by Gasteiger charge is -2.35. The molecular weight excluding hydrogens is 870 g/mol. The number of halogens is 1. The second-order valence-corrected chi connectivity index (χ2v) is 16.5. The minimum Gasteiger partial charge on any atom is -0.494 e. The molecule has 3 aromatic rings. The van der Waals surface area contributed by atoms with Crippen LogP contribution in [0.3, 0.4) is 0 Å². The number of carbonyl (C=O) groups is 2. The molecule has 0 aromatic heterocycles. The Morgan fingerprint density at radius 1 is 0.791 bits per heavy atom. The topological polar surface area (TPSA) is 162 Å². The lowest BCUT2D eigenvalue weighted by atomic mass is 10.00. The molecule has 2 atom stereocenters. The molecular formula is C52H74ClN7O7. The number of ether oxygens (including phenoxy) is 5. The highest BCUT2D eigenvalue weighted by molar-refractivity contribution is 6.30. The molecule has 2 unspecified atom stereocenters. The first kappa shape index (κ1) is 55.8. The van der Waals surface area contributed by atoms with Crippen LogP contribution in [0.5, 0.6) is 11.5 Å². The fraction of sp³-hybridized carbons (Fsp3) is 0.462. The van der Waals surface area contributed by atoms with Crippen molar-refractivity contribution in [1.29, 1.82) is 0 Å². The minimum atomic E-state index is -0.851. The molecule has 0 fully saturated rings. The van der Waals surface area contributed by atoms with E-state index in [0.717, 1.165) is 54.3 Å². The van der Waals surface area contributed by atoms with Crippen LogP contribution in [0.25, 0.3) is 0 Å². The predicted molar refractivity (Wildman–Crippen MR) is 273 cm³/mol. The third kappa shape index (κ3) is 22.2. The molecule has 3 aromatic carbocycles. The van der Waals surface area contributed by atoms with Gasteiger partial charge in [0.25, 0.3) is 0 Å². The molecule has 14 nitrogen and oxygen atoms in total. The minimum absolute atomic E-state index is 0.125. The average Bonchev–Trinajstić information content (AvgIpc) is 3.33. The fourth-order valence-corrected chi connectivity index (χ4v) is 6.97. The van der Waals surface area contributed by atoms with Crippen molar-refractivity contribution in [3.63, 3.8) is 0 Å². The van der Waals surface area contributed by atoms with Crippen LogP contribution in [-0.4, -0.2) is 132 Å². The summed E-state index contributed by atoms with van der Waals surface area (Å²) < 4.78 is 28.7. The summed E-state index contributed by atoms with van der Waals surface area (Å²) in [4.78, 5) is 36.1. The lowest BCUT2D eigenvalue weighted by Crippen LogP contribution is -2.49. The Kier molecular flexibility index (Phi) is 27.5. The van der Waals surface area contributed by atoms with Gasteiger partial charge in [0, 0.05) is 49.4 Å². The molecule has 0 radical (unpaired) electrons. The van der Waals surface area contributed by atoms with Crippen molar-refractivity contribution in [1.82, 2.24) is 15.1 Å². The summed E-state index contributed by atoms with van der Waals surface area (Å²) in [5, 5.41) is 10.5. The van der Waals surface area contributed by atoms with Crippen LogP contribution < -0.4 is 25.9 Å². The first-order valence-electron chi connectivity index (χ1n) is 23.1. The Morgan fingerprint density at radius 3 is 2.07 bits per heavy atom. The molecule has 0 saturated heterocycles. The second-order valence-electron chi connectivity index (χ2n) is 16.1. The van der Waals surface area contributed by atoms with E-state index in [0.29, 0.717) is 88.5 Å². The number of hydrazone groups is 1. The summed E-state index contributed by atoms with van der Waals surface area (Å²) in [6.45, 7) is 19.7. The van der Waals surface area contributed by atoms with Crippen LogP contribution in [0.1, 0.15) is 63.6 Å². The van der Waals surface area contributed by atoms with E-state index >= 15 is 0 Å². The average molecular weight is 945 g/mol. The third-order valence-corrected chi connectivity index (χ3v) is 10.9. The highest BCUT2D eigenvalue weighted by Crippen LogP contribution is 2.27. The molecule has 0 heterocycles. The SMILES string of the molecule is C=C/C=C(\C=C)C(C)NC(=O)C(c1ccc(Cl)cc1)N(C(=O)CCc1ccc(OCCCCN(C)CCOCCOCC/C(C=NCCOCCOc2ccc(NC)cc2)=N/N)cc1)C(C)C. The van der Waals surface area contributed by atoms with Gasteiger partial charge in [-0.3, -0.25) is 14.6 Å². The Morgan fingerprint density at radius 2 is 1.43 bits per heavy atom. The van der Waals surface area contributed by atoms with E-state index in [1.54, 1.807) is 53.6 Å². The van der Waals surface area contributed by atoms with E-state index < -0.39 is 6.04 Å². The Labute approximate surface area is 404 Å². The van der Waals surface area contributed by atoms with Gasteiger partial charge in [0.2, 0.25) is 11.8 Å². The third-order valence-electron chi connectivity index (χ3n) is 10.6. The van der Waals surface area contributed by atoms with Crippen molar-refractivity contribution in [3.05, 3.63) is 126 Å². The Bertz CT molecular complexity index is 1980. The van der Waals surface area contributed by atoms with Crippen LogP contribution in [-0.2, 0) is 30.2 Å². The molecule has 15 heteroatoms. The number of nitrogens with two attached hydrogens (primary N) is 1. The fourth-order valence-electron chi connectivity index (χ4n) is 6.84. The van der Waals surface area contributed by atoms with Crippen LogP contribution in [0.4, 0.5) is 5.69 Å². The number of carbonyl (C=O) groups excluding carboxylic acids is 2. The number of allylic oxidation sites excluding steroid dienone is 2. The first-order valence-corrected chi connectivity index (χ1v) is 23.5. The lowest BCUT2D eigenvalue weighted by molar-refractivity contribution is -0.143. The van der Waals surface area contributed by atoms with E-state index in [9.17, 15) is 9.59 Å². The highest BCUT2D eigenvalue weighted by atomic mass is 35.5. The van der Waals surface area contributed by atoms with Gasteiger partial charge < -0.3 is 50.0 Å². The summed E-state index contributed by atoms with van der Waals surface area (Å²) in [5.74, 6) is 6.70. The highest BCUT2D eigenvalue weighted by Gasteiger charge is 2.34. The van der Waals surface area contributed by atoms with Crippen molar-refractivity contribution < 1.29 is 33.3 Å². The molecule has 2 amide bonds. The maximum atomic E-state index is 13.9. The van der Waals surface area contributed by atoms with Crippen molar-refractivity contribution >= 4 is 41.0 Å². The van der Waals surface area contributed by atoms with Crippen LogP contribution >= 0.6 is 11.6 Å². The van der Waals surface area contributed by atoms with Gasteiger partial charge >= 0.3 is 0 Å². The van der Waals surface area contributed by atoms with E-state index in [1.165, 1.54) is 0 Å². The van der Waals surface area contributed by atoms with Crippen LogP contribution in [0.15, 0.2) is 120 Å². The van der Waals surface area contributed by atoms with Gasteiger partial charge in [0.1, 0.15) is 24.1 Å². The van der Waals surface area contributed by atoms with E-state index in [4.69, 9.17) is 41.1 Å². The van der Waals surface area contributed by atoms with Gasteiger partial charge in [-0.15, -0.1) is 0 Å². The van der Waals surface area contributed by atoms with Crippen molar-refractivity contribution in [2.75, 3.05) is 91.9 Å². The van der Waals surface area contributed by atoms with Gasteiger partial charge in [-0.25, -0.2) is 0 Å². The van der Waals surface area contributed by atoms with E-state index in [2.05, 4.69) is 45.8 Å². The normalized spacial score (nSPS) is 12.8. The molecule has 4 N–H and O–H groups in total.